The second-order valence-corrected chi connectivity index (χ2v) is 2.97. The van der Waals surface area contributed by atoms with Crippen molar-refractivity contribution in [1.82, 2.24) is 0 Å². The van der Waals surface area contributed by atoms with Crippen LogP contribution >= 0.6 is 0 Å². The lowest BCUT2D eigenvalue weighted by molar-refractivity contribution is -0.138. The summed E-state index contributed by atoms with van der Waals surface area (Å²) in [6.07, 6.45) is 4.60. The maximum absolute atomic E-state index is 11.2. The smallest absolute Gasteiger partial charge is 0.333 e. The highest BCUT2D eigenvalue weighted by atomic mass is 16.5. The molecule has 0 radical (unpaired) electrons. The van der Waals surface area contributed by atoms with E-state index in [1.54, 1.807) is 6.92 Å². The molecule has 12 heavy (non-hydrogen) atoms. The highest BCUT2D eigenvalue weighted by Crippen LogP contribution is 2.17. The fraction of sp³-hybridized carbons (Fsp3) is 0.667. The van der Waals surface area contributed by atoms with Gasteiger partial charge in [0, 0.05) is 11.6 Å². The largest absolute Gasteiger partial charge is 0.463 e. The average Bonchev–Trinajstić information content (AvgIpc) is 2.05. The first kappa shape index (κ1) is 9.26. The molecule has 0 aromatic carbocycles. The summed E-state index contributed by atoms with van der Waals surface area (Å²) in [5.74, 6) is -0.201. The van der Waals surface area contributed by atoms with Gasteiger partial charge in [0.15, 0.2) is 0 Å². The Morgan fingerprint density at radius 2 is 2.58 bits per heavy atom. The fourth-order valence-electron chi connectivity index (χ4n) is 1.35. The van der Waals surface area contributed by atoms with Crippen molar-refractivity contribution in [3.8, 4) is 0 Å². The molecule has 0 saturated heterocycles. The van der Waals surface area contributed by atoms with Crippen molar-refractivity contribution in [2.45, 2.75) is 32.2 Å². The van der Waals surface area contributed by atoms with Gasteiger partial charge in [-0.25, -0.2) is 4.79 Å². The highest BCUT2D eigenvalue weighted by molar-refractivity contribution is 5.88. The Kier molecular flexibility index (Phi) is 3.29. The summed E-state index contributed by atoms with van der Waals surface area (Å²) in [6.45, 7) is 2.24. The topological polar surface area (TPSA) is 52.3 Å². The van der Waals surface area contributed by atoms with Gasteiger partial charge < -0.3 is 10.5 Å². The minimum atomic E-state index is -0.201. The molecule has 1 aliphatic rings. The molecule has 2 N–H and O–H groups in total. The van der Waals surface area contributed by atoms with Crippen LogP contribution in [-0.2, 0) is 9.53 Å². The number of carbonyl (C=O) groups is 1. The molecule has 0 bridgehead atoms. The molecule has 0 heterocycles. The van der Waals surface area contributed by atoms with Crippen molar-refractivity contribution >= 4 is 5.97 Å². The van der Waals surface area contributed by atoms with Crippen LogP contribution in [0.15, 0.2) is 11.6 Å². The molecule has 0 aliphatic heterocycles. The lowest BCUT2D eigenvalue weighted by Crippen LogP contribution is -2.23. The zero-order valence-corrected chi connectivity index (χ0v) is 7.38. The van der Waals surface area contributed by atoms with Crippen LogP contribution in [0.4, 0.5) is 0 Å². The van der Waals surface area contributed by atoms with Gasteiger partial charge in [-0.1, -0.05) is 6.08 Å². The first-order chi connectivity index (χ1) is 5.74. The van der Waals surface area contributed by atoms with Gasteiger partial charge in [0.05, 0.1) is 6.61 Å². The maximum atomic E-state index is 11.2. The van der Waals surface area contributed by atoms with Gasteiger partial charge >= 0.3 is 5.97 Å². The third kappa shape index (κ3) is 2.34. The average molecular weight is 169 g/mol. The predicted molar refractivity (Wildman–Crippen MR) is 46.5 cm³/mol. The molecule has 0 saturated carbocycles. The van der Waals surface area contributed by atoms with E-state index in [1.165, 1.54) is 0 Å². The van der Waals surface area contributed by atoms with Crippen molar-refractivity contribution in [3.63, 3.8) is 0 Å². The monoisotopic (exact) mass is 169 g/mol. The Hall–Kier alpha value is -0.830. The van der Waals surface area contributed by atoms with E-state index in [-0.39, 0.29) is 12.0 Å². The molecule has 0 fully saturated rings. The third-order valence-electron chi connectivity index (χ3n) is 1.94. The van der Waals surface area contributed by atoms with Crippen LogP contribution in [-0.4, -0.2) is 18.6 Å². The zero-order valence-electron chi connectivity index (χ0n) is 7.38. The van der Waals surface area contributed by atoms with E-state index in [4.69, 9.17) is 10.5 Å². The Morgan fingerprint density at radius 1 is 1.83 bits per heavy atom. The minimum Gasteiger partial charge on any atom is -0.463 e. The van der Waals surface area contributed by atoms with E-state index < -0.39 is 0 Å². The maximum Gasteiger partial charge on any atom is 0.333 e. The molecule has 68 valence electrons. The number of hydrogen-bond donors (Lipinski definition) is 1. The number of nitrogens with two attached hydrogens (primary N) is 1. The first-order valence-electron chi connectivity index (χ1n) is 4.37. The quantitative estimate of drug-likeness (QED) is 0.627. The van der Waals surface area contributed by atoms with E-state index in [9.17, 15) is 4.79 Å². The van der Waals surface area contributed by atoms with Crippen LogP contribution in [0.5, 0.6) is 0 Å². The standard InChI is InChI=1S/C9H15NO2/c1-2-12-9(11)7-4-3-5-8(10)6-7/h6,8H,2-5,10H2,1H3/t8-/m1/s1. The number of hydrogen-bond acceptors (Lipinski definition) is 3. The third-order valence-corrected chi connectivity index (χ3v) is 1.94. The van der Waals surface area contributed by atoms with Crippen LogP contribution in [0.2, 0.25) is 0 Å². The molecule has 0 aromatic heterocycles. The lowest BCUT2D eigenvalue weighted by atomic mass is 9.96. The normalized spacial score (nSPS) is 23.2. The Bertz CT molecular complexity index is 199. The molecule has 1 rings (SSSR count). The van der Waals surface area contributed by atoms with Crippen molar-refractivity contribution in [2.24, 2.45) is 5.73 Å². The SMILES string of the molecule is CCOC(=O)C1=C[C@H](N)CCC1. The predicted octanol–water partition coefficient (Wildman–Crippen LogP) is 0.987. The van der Waals surface area contributed by atoms with Crippen LogP contribution in [0, 0.1) is 0 Å². The summed E-state index contributed by atoms with van der Waals surface area (Å²) < 4.78 is 4.87. The summed E-state index contributed by atoms with van der Waals surface area (Å²) in [5, 5.41) is 0. The van der Waals surface area contributed by atoms with Crippen molar-refractivity contribution in [1.29, 1.82) is 0 Å². The molecule has 0 unspecified atom stereocenters. The second-order valence-electron chi connectivity index (χ2n) is 2.97. The molecule has 3 heteroatoms. The fourth-order valence-corrected chi connectivity index (χ4v) is 1.35. The van der Waals surface area contributed by atoms with Gasteiger partial charge in [-0.2, -0.15) is 0 Å². The van der Waals surface area contributed by atoms with E-state index in [0.717, 1.165) is 24.8 Å². The Labute approximate surface area is 72.6 Å². The number of carbonyl (C=O) groups excluding carboxylic acids is 1. The number of ether oxygens (including phenoxy) is 1. The molecule has 0 spiro atoms. The Morgan fingerprint density at radius 3 is 3.17 bits per heavy atom. The van der Waals surface area contributed by atoms with Crippen LogP contribution < -0.4 is 5.73 Å². The minimum absolute atomic E-state index is 0.0400. The summed E-state index contributed by atoms with van der Waals surface area (Å²) in [7, 11) is 0. The van der Waals surface area contributed by atoms with Gasteiger partial charge in [0.25, 0.3) is 0 Å². The molecule has 1 atom stereocenters. The molecule has 0 amide bonds. The zero-order chi connectivity index (χ0) is 8.97. The lowest BCUT2D eigenvalue weighted by Gasteiger charge is -2.16. The van der Waals surface area contributed by atoms with E-state index in [2.05, 4.69) is 0 Å². The van der Waals surface area contributed by atoms with E-state index >= 15 is 0 Å². The summed E-state index contributed by atoms with van der Waals surface area (Å²) in [5.41, 5.74) is 6.42. The van der Waals surface area contributed by atoms with E-state index in [0.29, 0.717) is 6.61 Å². The molecular formula is C9H15NO2. The number of esters is 1. The van der Waals surface area contributed by atoms with Crippen molar-refractivity contribution in [3.05, 3.63) is 11.6 Å². The molecule has 3 nitrogen and oxygen atoms in total. The summed E-state index contributed by atoms with van der Waals surface area (Å²) >= 11 is 0. The highest BCUT2D eigenvalue weighted by Gasteiger charge is 2.16. The second kappa shape index (κ2) is 4.26. The Balaban J connectivity index is 2.55. The van der Waals surface area contributed by atoms with Crippen LogP contribution in [0.1, 0.15) is 26.2 Å². The van der Waals surface area contributed by atoms with Crippen molar-refractivity contribution in [2.75, 3.05) is 6.61 Å². The molecular weight excluding hydrogens is 154 g/mol. The summed E-state index contributed by atoms with van der Waals surface area (Å²) in [6, 6.07) is 0.0400. The van der Waals surface area contributed by atoms with Gasteiger partial charge in [0.2, 0.25) is 0 Å². The van der Waals surface area contributed by atoms with Crippen LogP contribution in [0.3, 0.4) is 0 Å². The van der Waals surface area contributed by atoms with Crippen molar-refractivity contribution < 1.29 is 9.53 Å². The first-order valence-corrected chi connectivity index (χ1v) is 4.37. The molecule has 1 aliphatic carbocycles. The van der Waals surface area contributed by atoms with Gasteiger partial charge in [0.1, 0.15) is 0 Å². The number of rotatable bonds is 2. The molecule has 0 aromatic rings. The van der Waals surface area contributed by atoms with Gasteiger partial charge in [-0.05, 0) is 26.2 Å². The summed E-state index contributed by atoms with van der Waals surface area (Å²) in [4.78, 5) is 11.2. The van der Waals surface area contributed by atoms with Crippen LogP contribution in [0.25, 0.3) is 0 Å². The van der Waals surface area contributed by atoms with Gasteiger partial charge in [-0.3, -0.25) is 0 Å². The van der Waals surface area contributed by atoms with Gasteiger partial charge in [-0.15, -0.1) is 0 Å². The van der Waals surface area contributed by atoms with E-state index in [1.807, 2.05) is 6.08 Å².